The number of rotatable bonds is 3. The van der Waals surface area contributed by atoms with Crippen molar-refractivity contribution in [2.24, 2.45) is 23.7 Å². The Hall–Kier alpha value is -4.66. The third kappa shape index (κ3) is 3.72. The van der Waals surface area contributed by atoms with Crippen LogP contribution in [0, 0.1) is 23.7 Å². The Kier molecular flexibility index (Phi) is 5.69. The fourth-order valence-electron chi connectivity index (χ4n) is 12.4. The number of hydrogen-bond donors (Lipinski definition) is 0. The highest BCUT2D eigenvalue weighted by Crippen LogP contribution is 2.69. The monoisotopic (exact) mass is 675 g/mol. The van der Waals surface area contributed by atoms with E-state index in [2.05, 4.69) is 146 Å². The van der Waals surface area contributed by atoms with Crippen LogP contribution in [0.3, 0.4) is 0 Å². The molecule has 7 aromatic rings. The van der Waals surface area contributed by atoms with Gasteiger partial charge in [0, 0.05) is 48.1 Å². The Morgan fingerprint density at radius 1 is 0.471 bits per heavy atom. The summed E-state index contributed by atoms with van der Waals surface area (Å²) in [5, 5.41) is 2.69. The molecule has 2 heteroatoms. The quantitative estimate of drug-likeness (QED) is 0.180. The number of anilines is 3. The van der Waals surface area contributed by atoms with Gasteiger partial charge < -0.3 is 4.90 Å². The molecule has 248 valence electrons. The number of hydrogen-bond acceptors (Lipinski definition) is 2. The molecule has 0 saturated heterocycles. The topological polar surface area (TPSA) is 3.24 Å². The Morgan fingerprint density at radius 3 is 1.84 bits per heavy atom. The predicted molar refractivity (Wildman–Crippen MR) is 215 cm³/mol. The van der Waals surface area contributed by atoms with Crippen molar-refractivity contribution in [1.29, 1.82) is 0 Å². The molecule has 6 aliphatic carbocycles. The normalized spacial score (nSPS) is 25.7. The van der Waals surface area contributed by atoms with E-state index >= 15 is 0 Å². The van der Waals surface area contributed by atoms with Gasteiger partial charge in [0.2, 0.25) is 0 Å². The molecule has 4 fully saturated rings. The molecule has 0 N–H and O–H groups in total. The molecule has 4 saturated carbocycles. The molecule has 13 rings (SSSR count). The Labute approximate surface area is 304 Å². The van der Waals surface area contributed by atoms with E-state index < -0.39 is 0 Å². The lowest BCUT2D eigenvalue weighted by Gasteiger charge is -2.61. The van der Waals surface area contributed by atoms with Crippen LogP contribution in [-0.4, -0.2) is 0 Å². The number of benzene rings is 6. The predicted octanol–water partition coefficient (Wildman–Crippen LogP) is 13.6. The van der Waals surface area contributed by atoms with Gasteiger partial charge in [-0.15, -0.1) is 11.3 Å². The van der Waals surface area contributed by atoms with E-state index in [0.29, 0.717) is 0 Å². The summed E-state index contributed by atoms with van der Waals surface area (Å²) in [7, 11) is 0. The van der Waals surface area contributed by atoms with Crippen LogP contribution in [0.15, 0.2) is 127 Å². The van der Waals surface area contributed by atoms with Crippen molar-refractivity contribution >= 4 is 48.6 Å². The number of nitrogens with zero attached hydrogens (tertiary/aromatic N) is 1. The summed E-state index contributed by atoms with van der Waals surface area (Å²) in [6, 6.07) is 49.4. The van der Waals surface area contributed by atoms with Gasteiger partial charge in [-0.1, -0.05) is 98.8 Å². The van der Waals surface area contributed by atoms with Crippen LogP contribution < -0.4 is 4.90 Å². The highest BCUT2D eigenvalue weighted by Gasteiger charge is 2.61. The summed E-state index contributed by atoms with van der Waals surface area (Å²) in [5.41, 5.74) is 15.6. The summed E-state index contributed by atoms with van der Waals surface area (Å²) < 4.78 is 2.69. The molecule has 0 unspecified atom stereocenters. The summed E-state index contributed by atoms with van der Waals surface area (Å²) >= 11 is 1.91. The molecule has 51 heavy (non-hydrogen) atoms. The Bertz CT molecular complexity index is 2570. The Balaban J connectivity index is 1.07. The van der Waals surface area contributed by atoms with E-state index in [-0.39, 0.29) is 10.8 Å². The average molecular weight is 676 g/mol. The lowest BCUT2D eigenvalue weighted by molar-refractivity contribution is -0.0399. The maximum atomic E-state index is 2.57. The maximum Gasteiger partial charge on any atom is 0.0476 e. The second kappa shape index (κ2) is 10.0. The number of fused-ring (bicyclic) bond motifs is 9. The molecule has 0 aliphatic heterocycles. The molecule has 1 heterocycles. The summed E-state index contributed by atoms with van der Waals surface area (Å²) in [6.07, 6.45) is 7.14. The van der Waals surface area contributed by atoms with Crippen molar-refractivity contribution in [1.82, 2.24) is 0 Å². The van der Waals surface area contributed by atoms with Gasteiger partial charge in [-0.25, -0.2) is 0 Å². The lowest BCUT2D eigenvalue weighted by atomic mass is 9.43. The molecule has 0 radical (unpaired) electrons. The van der Waals surface area contributed by atoms with Crippen molar-refractivity contribution < 1.29 is 0 Å². The first kappa shape index (κ1) is 29.0. The molecule has 6 aromatic carbocycles. The van der Waals surface area contributed by atoms with Crippen LogP contribution in [0.4, 0.5) is 17.1 Å². The van der Waals surface area contributed by atoms with Gasteiger partial charge in [-0.05, 0) is 143 Å². The molecule has 1 aromatic heterocycles. The second-order valence-corrected chi connectivity index (χ2v) is 18.0. The first-order valence-corrected chi connectivity index (χ1v) is 20.0. The van der Waals surface area contributed by atoms with Gasteiger partial charge in [0.25, 0.3) is 0 Å². The van der Waals surface area contributed by atoms with Crippen molar-refractivity contribution in [2.75, 3.05) is 4.90 Å². The van der Waals surface area contributed by atoms with Crippen LogP contribution in [0.1, 0.15) is 68.2 Å². The molecule has 1 spiro atoms. The van der Waals surface area contributed by atoms with Crippen LogP contribution in [0.5, 0.6) is 0 Å². The van der Waals surface area contributed by atoms with Gasteiger partial charge in [0.1, 0.15) is 0 Å². The average Bonchev–Trinajstić information content (AvgIpc) is 3.74. The zero-order chi connectivity index (χ0) is 33.6. The van der Waals surface area contributed by atoms with Crippen LogP contribution >= 0.6 is 11.3 Å². The zero-order valence-electron chi connectivity index (χ0n) is 29.3. The summed E-state index contributed by atoms with van der Waals surface area (Å²) in [5.74, 6) is 3.44. The van der Waals surface area contributed by atoms with Crippen LogP contribution in [-0.2, 0) is 10.8 Å². The van der Waals surface area contributed by atoms with Crippen molar-refractivity contribution in [3.8, 4) is 22.3 Å². The van der Waals surface area contributed by atoms with Crippen LogP contribution in [0.2, 0.25) is 0 Å². The third-order valence-corrected chi connectivity index (χ3v) is 15.4. The minimum atomic E-state index is -0.0637. The lowest BCUT2D eigenvalue weighted by Crippen LogP contribution is -2.55. The van der Waals surface area contributed by atoms with E-state index in [1.54, 1.807) is 11.1 Å². The molecule has 0 amide bonds. The molecular weight excluding hydrogens is 635 g/mol. The number of thiophene rings is 1. The highest BCUT2D eigenvalue weighted by atomic mass is 32.1. The highest BCUT2D eigenvalue weighted by molar-refractivity contribution is 7.25. The molecular formula is C49H41NS. The van der Waals surface area contributed by atoms with Crippen molar-refractivity contribution in [2.45, 2.75) is 56.8 Å². The zero-order valence-corrected chi connectivity index (χ0v) is 30.1. The van der Waals surface area contributed by atoms with E-state index in [0.717, 1.165) is 23.7 Å². The fraction of sp³-hybridized carbons (Fsp3) is 0.265. The van der Waals surface area contributed by atoms with Gasteiger partial charge in [-0.3, -0.25) is 0 Å². The van der Waals surface area contributed by atoms with E-state index in [1.807, 2.05) is 11.3 Å². The van der Waals surface area contributed by atoms with E-state index in [4.69, 9.17) is 0 Å². The van der Waals surface area contributed by atoms with E-state index in [1.165, 1.54) is 103 Å². The Morgan fingerprint density at radius 2 is 1.04 bits per heavy atom. The van der Waals surface area contributed by atoms with Crippen molar-refractivity contribution in [3.63, 3.8) is 0 Å². The SMILES string of the molecule is CC1(C)c2ccccc2-c2ccc(N(c3ccc4c(c3)-c3ccccc3C43C4CC5CC(C4)CC3C5)c3ccc4c(c3)sc3ccccc34)cc21. The molecule has 1 nitrogen and oxygen atoms in total. The summed E-state index contributed by atoms with van der Waals surface area (Å²) in [4.78, 5) is 2.55. The van der Waals surface area contributed by atoms with Crippen molar-refractivity contribution in [3.05, 3.63) is 150 Å². The molecule has 0 atom stereocenters. The van der Waals surface area contributed by atoms with Gasteiger partial charge in [-0.2, -0.15) is 0 Å². The standard InChI is InChI=1S/C49H41NS/c1-48(2)42-12-6-3-9-36(42)38-18-15-34(27-45(38)48)50(35-16-19-40-39-11-5-8-14-46(39)51-47(40)28-35)33-17-20-44-41(26-33)37-10-4-7-13-43(37)49(44)31-22-29-21-30(24-31)25-32(49)23-29/h3-20,26-32H,21-25H2,1-2H3. The van der Waals surface area contributed by atoms with Crippen LogP contribution in [0.25, 0.3) is 42.4 Å². The summed E-state index contributed by atoms with van der Waals surface area (Å²) in [6.45, 7) is 4.79. The minimum absolute atomic E-state index is 0.0637. The van der Waals surface area contributed by atoms with Gasteiger partial charge in [0.15, 0.2) is 0 Å². The largest absolute Gasteiger partial charge is 0.310 e. The van der Waals surface area contributed by atoms with Gasteiger partial charge >= 0.3 is 0 Å². The minimum Gasteiger partial charge on any atom is -0.310 e. The molecule has 4 bridgehead atoms. The third-order valence-electron chi connectivity index (χ3n) is 14.2. The molecule has 6 aliphatic rings. The first-order valence-electron chi connectivity index (χ1n) is 19.2. The van der Waals surface area contributed by atoms with E-state index in [9.17, 15) is 0 Å². The maximum absolute atomic E-state index is 2.57. The second-order valence-electron chi connectivity index (χ2n) is 17.0. The smallest absolute Gasteiger partial charge is 0.0476 e. The first-order chi connectivity index (χ1) is 25.0. The van der Waals surface area contributed by atoms with Gasteiger partial charge in [0.05, 0.1) is 0 Å². The fourth-order valence-corrected chi connectivity index (χ4v) is 13.6.